The van der Waals surface area contributed by atoms with Crippen LogP contribution in [-0.4, -0.2) is 38.7 Å². The van der Waals surface area contributed by atoms with E-state index in [9.17, 15) is 14.0 Å². The Morgan fingerprint density at radius 2 is 1.82 bits per heavy atom. The number of halogens is 2. The summed E-state index contributed by atoms with van der Waals surface area (Å²) in [5, 5.41) is 0.195. The lowest BCUT2D eigenvalue weighted by molar-refractivity contribution is -0.121. The Bertz CT molecular complexity index is 841. The van der Waals surface area contributed by atoms with Crippen molar-refractivity contribution in [3.8, 4) is 11.5 Å². The number of esters is 1. The maximum atomic E-state index is 13.1. The first-order valence-corrected chi connectivity index (χ1v) is 9.02. The van der Waals surface area contributed by atoms with Gasteiger partial charge < -0.3 is 19.1 Å². The number of anilines is 1. The SMILES string of the molecule is CCOc1c(Cl)cc(C(=O)OCC(=O)N(CC)c2ccc(F)cc2)cc1OC. The summed E-state index contributed by atoms with van der Waals surface area (Å²) >= 11 is 6.15. The number of benzene rings is 2. The fraction of sp³-hybridized carbons (Fsp3) is 0.300. The Morgan fingerprint density at radius 3 is 2.39 bits per heavy atom. The molecule has 0 atom stereocenters. The first kappa shape index (κ1) is 21.5. The Labute approximate surface area is 167 Å². The van der Waals surface area contributed by atoms with Gasteiger partial charge in [0.2, 0.25) is 0 Å². The van der Waals surface area contributed by atoms with Gasteiger partial charge in [0.15, 0.2) is 18.1 Å². The third kappa shape index (κ3) is 5.13. The van der Waals surface area contributed by atoms with E-state index in [1.807, 2.05) is 0 Å². The van der Waals surface area contributed by atoms with Crippen LogP contribution < -0.4 is 14.4 Å². The molecule has 0 N–H and O–H groups in total. The lowest BCUT2D eigenvalue weighted by atomic mass is 10.2. The quantitative estimate of drug-likeness (QED) is 0.614. The summed E-state index contributed by atoms with van der Waals surface area (Å²) in [5.41, 5.74) is 0.638. The first-order valence-electron chi connectivity index (χ1n) is 8.64. The number of hydrogen-bond donors (Lipinski definition) is 0. The van der Waals surface area contributed by atoms with Crippen LogP contribution in [0.2, 0.25) is 5.02 Å². The van der Waals surface area contributed by atoms with Crippen molar-refractivity contribution in [1.82, 2.24) is 0 Å². The summed E-state index contributed by atoms with van der Waals surface area (Å²) in [5.74, 6) is -0.958. The molecule has 0 aliphatic heterocycles. The van der Waals surface area contributed by atoms with Gasteiger partial charge in [-0.2, -0.15) is 0 Å². The molecule has 0 aromatic heterocycles. The van der Waals surface area contributed by atoms with Crippen molar-refractivity contribution in [1.29, 1.82) is 0 Å². The van der Waals surface area contributed by atoms with E-state index in [0.717, 1.165) is 0 Å². The van der Waals surface area contributed by atoms with Crippen LogP contribution in [0.4, 0.5) is 10.1 Å². The zero-order valence-corrected chi connectivity index (χ0v) is 16.6. The van der Waals surface area contributed by atoms with Gasteiger partial charge in [-0.3, -0.25) is 4.79 Å². The van der Waals surface area contributed by atoms with Crippen molar-refractivity contribution in [2.45, 2.75) is 13.8 Å². The van der Waals surface area contributed by atoms with Gasteiger partial charge in [-0.1, -0.05) is 11.6 Å². The molecule has 0 heterocycles. The number of carbonyl (C=O) groups is 2. The van der Waals surface area contributed by atoms with Gasteiger partial charge in [-0.05, 0) is 50.2 Å². The standard InChI is InChI=1S/C20H21ClFNO5/c1-4-23(15-8-6-14(22)7-9-15)18(24)12-28-20(25)13-10-16(21)19(27-5-2)17(11-13)26-3/h6-11H,4-5,12H2,1-3H3. The molecule has 0 aliphatic carbocycles. The highest BCUT2D eigenvalue weighted by atomic mass is 35.5. The van der Waals surface area contributed by atoms with Gasteiger partial charge >= 0.3 is 5.97 Å². The van der Waals surface area contributed by atoms with Gasteiger partial charge in [0.05, 0.1) is 24.3 Å². The fourth-order valence-corrected chi connectivity index (χ4v) is 2.80. The summed E-state index contributed by atoms with van der Waals surface area (Å²) in [6.07, 6.45) is 0. The Morgan fingerprint density at radius 1 is 1.14 bits per heavy atom. The van der Waals surface area contributed by atoms with E-state index in [1.165, 1.54) is 48.4 Å². The Hall–Kier alpha value is -2.80. The summed E-state index contributed by atoms with van der Waals surface area (Å²) in [6, 6.07) is 8.29. The molecule has 28 heavy (non-hydrogen) atoms. The van der Waals surface area contributed by atoms with Crippen LogP contribution in [0.1, 0.15) is 24.2 Å². The van der Waals surface area contributed by atoms with Crippen LogP contribution >= 0.6 is 11.6 Å². The third-order valence-electron chi connectivity index (χ3n) is 3.84. The average molecular weight is 410 g/mol. The summed E-state index contributed by atoms with van der Waals surface area (Å²) in [7, 11) is 1.43. The van der Waals surface area contributed by atoms with Crippen molar-refractivity contribution in [2.24, 2.45) is 0 Å². The maximum Gasteiger partial charge on any atom is 0.338 e. The molecule has 0 saturated heterocycles. The van der Waals surface area contributed by atoms with Gasteiger partial charge in [-0.25, -0.2) is 9.18 Å². The molecular formula is C20H21ClFNO5. The molecule has 8 heteroatoms. The summed E-state index contributed by atoms with van der Waals surface area (Å²) in [4.78, 5) is 26.1. The highest BCUT2D eigenvalue weighted by Crippen LogP contribution is 2.36. The number of methoxy groups -OCH3 is 1. The van der Waals surface area contributed by atoms with Crippen molar-refractivity contribution < 1.29 is 28.2 Å². The normalized spacial score (nSPS) is 10.3. The molecule has 2 rings (SSSR count). The minimum Gasteiger partial charge on any atom is -0.493 e. The van der Waals surface area contributed by atoms with E-state index in [0.29, 0.717) is 24.6 Å². The first-order chi connectivity index (χ1) is 13.4. The number of carbonyl (C=O) groups excluding carboxylic acids is 2. The lowest BCUT2D eigenvalue weighted by Crippen LogP contribution is -2.34. The average Bonchev–Trinajstić information content (AvgIpc) is 2.69. The van der Waals surface area contributed by atoms with Crippen LogP contribution in [-0.2, 0) is 9.53 Å². The molecule has 0 saturated carbocycles. The van der Waals surface area contributed by atoms with Crippen LogP contribution in [0.3, 0.4) is 0 Å². The monoisotopic (exact) mass is 409 g/mol. The maximum absolute atomic E-state index is 13.1. The second kappa shape index (κ2) is 9.94. The second-order valence-corrected chi connectivity index (χ2v) is 6.02. The zero-order chi connectivity index (χ0) is 20.7. The highest BCUT2D eigenvalue weighted by Gasteiger charge is 2.20. The predicted octanol–water partition coefficient (Wildman–Crippen LogP) is 4.10. The Balaban J connectivity index is 2.09. The van der Waals surface area contributed by atoms with Crippen LogP contribution in [0.15, 0.2) is 36.4 Å². The highest BCUT2D eigenvalue weighted by molar-refractivity contribution is 6.32. The zero-order valence-electron chi connectivity index (χ0n) is 15.8. The molecule has 2 aromatic carbocycles. The van der Waals surface area contributed by atoms with Crippen molar-refractivity contribution >= 4 is 29.2 Å². The Kier molecular flexibility index (Phi) is 7.63. The molecular weight excluding hydrogens is 389 g/mol. The molecule has 6 nitrogen and oxygen atoms in total. The number of amides is 1. The molecule has 150 valence electrons. The fourth-order valence-electron chi connectivity index (χ4n) is 2.53. The van der Waals surface area contributed by atoms with Gasteiger partial charge in [0.25, 0.3) is 5.91 Å². The number of ether oxygens (including phenoxy) is 3. The van der Waals surface area contributed by atoms with Crippen LogP contribution in [0.25, 0.3) is 0 Å². The van der Waals surface area contributed by atoms with Gasteiger partial charge in [0, 0.05) is 12.2 Å². The topological polar surface area (TPSA) is 65.1 Å². The van der Waals surface area contributed by atoms with Crippen LogP contribution in [0.5, 0.6) is 11.5 Å². The molecule has 2 aromatic rings. The van der Waals surface area contributed by atoms with E-state index in [4.69, 9.17) is 25.8 Å². The molecule has 0 radical (unpaired) electrons. The minimum absolute atomic E-state index is 0.128. The number of rotatable bonds is 8. The lowest BCUT2D eigenvalue weighted by Gasteiger charge is -2.21. The molecule has 0 fully saturated rings. The van der Waals surface area contributed by atoms with Gasteiger partial charge in [0.1, 0.15) is 5.82 Å². The van der Waals surface area contributed by atoms with E-state index in [-0.39, 0.29) is 16.3 Å². The minimum atomic E-state index is -0.730. The molecule has 1 amide bonds. The smallest absolute Gasteiger partial charge is 0.338 e. The summed E-state index contributed by atoms with van der Waals surface area (Å²) in [6.45, 7) is 3.80. The predicted molar refractivity (Wildman–Crippen MR) is 104 cm³/mol. The third-order valence-corrected chi connectivity index (χ3v) is 4.12. The molecule has 0 bridgehead atoms. The van der Waals surface area contributed by atoms with E-state index in [1.54, 1.807) is 13.8 Å². The van der Waals surface area contributed by atoms with E-state index < -0.39 is 24.3 Å². The van der Waals surface area contributed by atoms with E-state index in [2.05, 4.69) is 0 Å². The number of likely N-dealkylation sites (N-methyl/N-ethyl adjacent to an activating group) is 1. The number of hydrogen-bond acceptors (Lipinski definition) is 5. The summed E-state index contributed by atoms with van der Waals surface area (Å²) < 4.78 is 28.8. The second-order valence-electron chi connectivity index (χ2n) is 5.61. The van der Waals surface area contributed by atoms with Crippen molar-refractivity contribution in [3.63, 3.8) is 0 Å². The number of nitrogens with zero attached hydrogens (tertiary/aromatic N) is 1. The molecule has 0 spiro atoms. The van der Waals surface area contributed by atoms with Crippen molar-refractivity contribution in [3.05, 3.63) is 52.8 Å². The van der Waals surface area contributed by atoms with Crippen molar-refractivity contribution in [2.75, 3.05) is 31.8 Å². The van der Waals surface area contributed by atoms with Gasteiger partial charge in [-0.15, -0.1) is 0 Å². The van der Waals surface area contributed by atoms with Crippen LogP contribution in [0, 0.1) is 5.82 Å². The largest absolute Gasteiger partial charge is 0.493 e. The molecule has 0 aliphatic rings. The van der Waals surface area contributed by atoms with E-state index >= 15 is 0 Å². The molecule has 0 unspecified atom stereocenters.